The molecule has 43 heavy (non-hydrogen) atoms. The minimum absolute atomic E-state index is 1.17. The predicted molar refractivity (Wildman–Crippen MR) is 184 cm³/mol. The largest absolute Gasteiger partial charge is 0.309 e. The monoisotopic (exact) mass is 545 g/mol. The lowest BCUT2D eigenvalue weighted by atomic mass is 9.92. The first-order valence-electron chi connectivity index (χ1n) is 14.9. The Hall–Kier alpha value is -5.66. The van der Waals surface area contributed by atoms with Gasteiger partial charge in [-0.2, -0.15) is 0 Å². The highest BCUT2D eigenvalue weighted by molar-refractivity contribution is 6.25. The van der Waals surface area contributed by atoms with Crippen molar-refractivity contribution in [3.05, 3.63) is 164 Å². The minimum atomic E-state index is 1.17. The fourth-order valence-electron chi connectivity index (χ4n) is 6.97. The number of para-hydroxylation sites is 1. The van der Waals surface area contributed by atoms with E-state index in [-0.39, 0.29) is 0 Å². The maximum absolute atomic E-state index is 2.42. The van der Waals surface area contributed by atoms with Gasteiger partial charge in [0.1, 0.15) is 0 Å². The van der Waals surface area contributed by atoms with Gasteiger partial charge in [0.25, 0.3) is 0 Å². The first kappa shape index (κ1) is 24.0. The average molecular weight is 546 g/mol. The van der Waals surface area contributed by atoms with Crippen LogP contribution in [0.1, 0.15) is 0 Å². The fraction of sp³-hybridized carbons (Fsp3) is 0. The van der Waals surface area contributed by atoms with Gasteiger partial charge in [-0.25, -0.2) is 0 Å². The van der Waals surface area contributed by atoms with Crippen molar-refractivity contribution >= 4 is 54.1 Å². The molecule has 0 amide bonds. The normalized spacial score (nSPS) is 11.7. The van der Waals surface area contributed by atoms with Crippen LogP contribution in [-0.4, -0.2) is 4.57 Å². The molecule has 0 N–H and O–H groups in total. The first-order valence-corrected chi connectivity index (χ1v) is 14.9. The fourth-order valence-corrected chi connectivity index (χ4v) is 6.97. The lowest BCUT2D eigenvalue weighted by Crippen LogP contribution is -1.94. The third-order valence-corrected chi connectivity index (χ3v) is 8.96. The van der Waals surface area contributed by atoms with Gasteiger partial charge >= 0.3 is 0 Å². The Morgan fingerprint density at radius 3 is 1.47 bits per heavy atom. The maximum atomic E-state index is 2.42. The molecule has 0 atom stereocenters. The van der Waals surface area contributed by atoms with Crippen LogP contribution in [0.3, 0.4) is 0 Å². The summed E-state index contributed by atoms with van der Waals surface area (Å²) >= 11 is 0. The summed E-state index contributed by atoms with van der Waals surface area (Å²) in [5.41, 5.74) is 8.49. The summed E-state index contributed by atoms with van der Waals surface area (Å²) < 4.78 is 2.42. The highest BCUT2D eigenvalue weighted by Crippen LogP contribution is 2.39. The van der Waals surface area contributed by atoms with E-state index in [1.165, 1.54) is 82.1 Å². The van der Waals surface area contributed by atoms with Gasteiger partial charge in [0, 0.05) is 16.5 Å². The molecule has 0 spiro atoms. The van der Waals surface area contributed by atoms with Crippen LogP contribution in [-0.2, 0) is 0 Å². The van der Waals surface area contributed by atoms with Crippen molar-refractivity contribution in [3.63, 3.8) is 0 Å². The summed E-state index contributed by atoms with van der Waals surface area (Å²) in [5.74, 6) is 0. The summed E-state index contributed by atoms with van der Waals surface area (Å²) in [6.07, 6.45) is 0. The van der Waals surface area contributed by atoms with Crippen molar-refractivity contribution in [2.75, 3.05) is 0 Å². The third-order valence-electron chi connectivity index (χ3n) is 8.96. The second-order valence-electron chi connectivity index (χ2n) is 11.4. The highest BCUT2D eigenvalue weighted by Gasteiger charge is 2.15. The molecule has 0 radical (unpaired) electrons. The van der Waals surface area contributed by atoms with Gasteiger partial charge in [-0.05, 0) is 84.9 Å². The zero-order valence-electron chi connectivity index (χ0n) is 23.5. The Morgan fingerprint density at radius 2 is 0.744 bits per heavy atom. The molecule has 0 fully saturated rings. The molecule has 0 aliphatic heterocycles. The van der Waals surface area contributed by atoms with Gasteiger partial charge in [0.05, 0.1) is 11.0 Å². The minimum Gasteiger partial charge on any atom is -0.309 e. The number of rotatable bonds is 3. The SMILES string of the molecule is c1ccc(-c2cccc(-n3c4ccccc4c4ccc(-c5ccc6c7ccccc7c7ccccc7c6c5)cc43)c2)cc1. The first-order chi connectivity index (χ1) is 21.3. The van der Waals surface area contributed by atoms with Crippen LogP contribution in [0.4, 0.5) is 0 Å². The molecular formula is C42H27N. The Bertz CT molecular complexity index is 2460. The molecule has 0 saturated heterocycles. The number of hydrogen-bond donors (Lipinski definition) is 0. The molecule has 9 aromatic rings. The van der Waals surface area contributed by atoms with Gasteiger partial charge in [0.2, 0.25) is 0 Å². The number of hydrogen-bond acceptors (Lipinski definition) is 0. The third kappa shape index (κ3) is 3.72. The van der Waals surface area contributed by atoms with Crippen LogP contribution in [0.2, 0.25) is 0 Å². The standard InChI is InChI=1S/C42H27N/c1-2-11-28(12-3-1)29-13-10-14-32(25-29)43-41-20-9-8-19-38(41)39-24-22-31(27-42(39)43)30-21-23-37-35-17-5-4-15-33(35)34-16-6-7-18-36(34)40(37)26-30/h1-27H. The summed E-state index contributed by atoms with van der Waals surface area (Å²) in [4.78, 5) is 0. The molecular weight excluding hydrogens is 518 g/mol. The topological polar surface area (TPSA) is 4.93 Å². The zero-order chi connectivity index (χ0) is 28.3. The van der Waals surface area contributed by atoms with Crippen molar-refractivity contribution in [2.24, 2.45) is 0 Å². The van der Waals surface area contributed by atoms with E-state index in [9.17, 15) is 0 Å². The van der Waals surface area contributed by atoms with Crippen LogP contribution in [0.15, 0.2) is 164 Å². The van der Waals surface area contributed by atoms with Crippen LogP contribution >= 0.6 is 0 Å². The van der Waals surface area contributed by atoms with Crippen molar-refractivity contribution in [2.45, 2.75) is 0 Å². The van der Waals surface area contributed by atoms with E-state index in [2.05, 4.69) is 168 Å². The lowest BCUT2D eigenvalue weighted by Gasteiger charge is -2.13. The Labute approximate surface area is 249 Å². The van der Waals surface area contributed by atoms with E-state index in [0.717, 1.165) is 0 Å². The van der Waals surface area contributed by atoms with Crippen LogP contribution in [0.25, 0.3) is 82.1 Å². The molecule has 0 saturated carbocycles. The molecule has 9 rings (SSSR count). The molecule has 0 aliphatic carbocycles. The molecule has 1 heterocycles. The molecule has 200 valence electrons. The molecule has 1 nitrogen and oxygen atoms in total. The van der Waals surface area contributed by atoms with Crippen molar-refractivity contribution in [3.8, 4) is 27.9 Å². The van der Waals surface area contributed by atoms with E-state index < -0.39 is 0 Å². The molecule has 0 aliphatic rings. The molecule has 1 heteroatoms. The van der Waals surface area contributed by atoms with Gasteiger partial charge in [-0.3, -0.25) is 0 Å². The highest BCUT2D eigenvalue weighted by atomic mass is 15.0. The van der Waals surface area contributed by atoms with Gasteiger partial charge in [-0.15, -0.1) is 0 Å². The molecule has 0 unspecified atom stereocenters. The van der Waals surface area contributed by atoms with Gasteiger partial charge < -0.3 is 4.57 Å². The van der Waals surface area contributed by atoms with Gasteiger partial charge in [-0.1, -0.05) is 133 Å². The van der Waals surface area contributed by atoms with E-state index >= 15 is 0 Å². The van der Waals surface area contributed by atoms with Gasteiger partial charge in [0.15, 0.2) is 0 Å². The van der Waals surface area contributed by atoms with E-state index in [1.807, 2.05) is 0 Å². The number of aromatic nitrogens is 1. The maximum Gasteiger partial charge on any atom is 0.0547 e. The summed E-state index contributed by atoms with van der Waals surface area (Å²) in [6, 6.07) is 59.8. The van der Waals surface area contributed by atoms with Crippen molar-refractivity contribution < 1.29 is 0 Å². The lowest BCUT2D eigenvalue weighted by molar-refractivity contribution is 1.18. The van der Waals surface area contributed by atoms with E-state index in [4.69, 9.17) is 0 Å². The Balaban J connectivity index is 1.29. The number of benzene rings is 8. The Kier molecular flexibility index (Phi) is 5.27. The van der Waals surface area contributed by atoms with E-state index in [1.54, 1.807) is 0 Å². The summed E-state index contributed by atoms with van der Waals surface area (Å²) in [6.45, 7) is 0. The van der Waals surface area contributed by atoms with Crippen LogP contribution < -0.4 is 0 Å². The second kappa shape index (κ2) is 9.44. The van der Waals surface area contributed by atoms with Crippen LogP contribution in [0.5, 0.6) is 0 Å². The number of nitrogens with zero attached hydrogens (tertiary/aromatic N) is 1. The molecule has 0 bridgehead atoms. The average Bonchev–Trinajstić information content (AvgIpc) is 3.42. The zero-order valence-corrected chi connectivity index (χ0v) is 23.5. The molecule has 8 aromatic carbocycles. The second-order valence-corrected chi connectivity index (χ2v) is 11.4. The quantitative estimate of drug-likeness (QED) is 0.195. The number of fused-ring (bicyclic) bond motifs is 9. The van der Waals surface area contributed by atoms with Crippen molar-refractivity contribution in [1.29, 1.82) is 0 Å². The smallest absolute Gasteiger partial charge is 0.0547 e. The Morgan fingerprint density at radius 1 is 0.256 bits per heavy atom. The van der Waals surface area contributed by atoms with Crippen LogP contribution in [0, 0.1) is 0 Å². The van der Waals surface area contributed by atoms with Crippen molar-refractivity contribution in [1.82, 2.24) is 4.57 Å². The summed E-state index contributed by atoms with van der Waals surface area (Å²) in [7, 11) is 0. The predicted octanol–water partition coefficient (Wildman–Crippen LogP) is 11.6. The molecule has 1 aromatic heterocycles. The van der Waals surface area contributed by atoms with E-state index in [0.29, 0.717) is 0 Å². The summed E-state index contributed by atoms with van der Waals surface area (Å²) in [5, 5.41) is 10.3.